The summed E-state index contributed by atoms with van der Waals surface area (Å²) in [4.78, 5) is 30.4. The lowest BCUT2D eigenvalue weighted by molar-refractivity contribution is -0.146. The summed E-state index contributed by atoms with van der Waals surface area (Å²) in [5, 5.41) is 0. The Hall–Kier alpha value is -3.15. The Morgan fingerprint density at radius 2 is 1.66 bits per heavy atom. The molecule has 3 heterocycles. The first-order chi connectivity index (χ1) is 20.5. The second-order valence-electron chi connectivity index (χ2n) is 12.7. The van der Waals surface area contributed by atoms with Crippen LogP contribution in [0.4, 0.5) is 30.7 Å². The molecule has 0 spiro atoms. The molecule has 0 N–H and O–H groups in total. The van der Waals surface area contributed by atoms with Crippen molar-refractivity contribution >= 4 is 11.8 Å². The number of piperidine rings is 1. The summed E-state index contributed by atoms with van der Waals surface area (Å²) in [6.07, 6.45) is -10.00. The second kappa shape index (κ2) is 11.7. The van der Waals surface area contributed by atoms with Crippen LogP contribution in [0.2, 0.25) is 0 Å². The molecule has 2 aromatic carbocycles. The van der Waals surface area contributed by atoms with E-state index in [0.29, 0.717) is 37.2 Å². The minimum absolute atomic E-state index is 0.00431. The molecule has 240 valence electrons. The highest BCUT2D eigenvalue weighted by Gasteiger charge is 2.51. The first kappa shape index (κ1) is 32.2. The lowest BCUT2D eigenvalue weighted by atomic mass is 9.81. The third-order valence-electron chi connectivity index (χ3n) is 9.64. The Morgan fingerprint density at radius 1 is 1.05 bits per heavy atom. The van der Waals surface area contributed by atoms with Crippen molar-refractivity contribution in [2.75, 3.05) is 19.6 Å². The van der Waals surface area contributed by atoms with Crippen molar-refractivity contribution in [2.45, 2.75) is 83.0 Å². The van der Waals surface area contributed by atoms with Gasteiger partial charge in [-0.25, -0.2) is 4.39 Å². The number of hydrogen-bond donors (Lipinski definition) is 0. The quantitative estimate of drug-likeness (QED) is 0.314. The molecule has 0 saturated carbocycles. The lowest BCUT2D eigenvalue weighted by Gasteiger charge is -2.37. The molecule has 0 radical (unpaired) electrons. The molecule has 0 bridgehead atoms. The molecule has 3 fully saturated rings. The largest absolute Gasteiger partial charge is 0.416 e. The molecule has 3 aliphatic rings. The number of amides is 2. The number of fused-ring (bicyclic) bond motifs is 1. The van der Waals surface area contributed by atoms with Crippen molar-refractivity contribution in [1.29, 1.82) is 0 Å². The predicted molar refractivity (Wildman–Crippen MR) is 147 cm³/mol. The minimum Gasteiger partial charge on any atom is -0.368 e. The van der Waals surface area contributed by atoms with Crippen LogP contribution in [0.15, 0.2) is 42.5 Å². The molecular weight excluding hydrogens is 593 g/mol. The molecule has 6 atom stereocenters. The summed E-state index contributed by atoms with van der Waals surface area (Å²) in [5.74, 6) is -2.06. The molecule has 3 aliphatic heterocycles. The summed E-state index contributed by atoms with van der Waals surface area (Å²) < 4.78 is 101. The van der Waals surface area contributed by atoms with Crippen molar-refractivity contribution in [2.24, 2.45) is 11.3 Å². The van der Waals surface area contributed by atoms with Crippen LogP contribution in [0.1, 0.15) is 80.7 Å². The topological polar surface area (TPSA) is 49.9 Å². The molecule has 2 aromatic rings. The highest BCUT2D eigenvalue weighted by Crippen LogP contribution is 2.46. The summed E-state index contributed by atoms with van der Waals surface area (Å²) in [7, 11) is 0. The van der Waals surface area contributed by atoms with Crippen LogP contribution in [0.3, 0.4) is 0 Å². The Labute approximate surface area is 251 Å². The van der Waals surface area contributed by atoms with Crippen molar-refractivity contribution in [3.8, 4) is 0 Å². The molecule has 12 heteroatoms. The van der Waals surface area contributed by atoms with Gasteiger partial charge in [0.15, 0.2) is 0 Å². The first-order valence-corrected chi connectivity index (χ1v) is 14.8. The zero-order chi connectivity index (χ0) is 32.2. The maximum absolute atomic E-state index is 13.9. The van der Waals surface area contributed by atoms with Gasteiger partial charge in [-0.2, -0.15) is 26.3 Å². The van der Waals surface area contributed by atoms with Gasteiger partial charge in [0.2, 0.25) is 11.8 Å². The number of hydrogen-bond acceptors (Lipinski definition) is 3. The summed E-state index contributed by atoms with van der Waals surface area (Å²) in [5.41, 5.74) is -2.61. The van der Waals surface area contributed by atoms with E-state index in [4.69, 9.17) is 4.74 Å². The monoisotopic (exact) mass is 628 g/mol. The minimum atomic E-state index is -5.02. The fourth-order valence-electron chi connectivity index (χ4n) is 6.90. The highest BCUT2D eigenvalue weighted by molar-refractivity contribution is 5.88. The summed E-state index contributed by atoms with van der Waals surface area (Å²) >= 11 is 0. The van der Waals surface area contributed by atoms with Gasteiger partial charge in [0.25, 0.3) is 0 Å². The number of nitrogens with zero attached hydrogens (tertiary/aromatic N) is 2. The average Bonchev–Trinajstić information content (AvgIpc) is 3.53. The third kappa shape index (κ3) is 6.46. The van der Waals surface area contributed by atoms with E-state index in [1.807, 2.05) is 0 Å². The van der Waals surface area contributed by atoms with Crippen LogP contribution >= 0.6 is 0 Å². The lowest BCUT2D eigenvalue weighted by Crippen LogP contribution is -2.48. The number of rotatable bonds is 6. The maximum atomic E-state index is 13.9. The Balaban J connectivity index is 1.44. The van der Waals surface area contributed by atoms with Crippen molar-refractivity contribution in [3.05, 3.63) is 70.5 Å². The molecule has 5 nitrogen and oxygen atoms in total. The van der Waals surface area contributed by atoms with Crippen LogP contribution in [-0.2, 0) is 26.7 Å². The number of likely N-dealkylation sites (tertiary alicyclic amines) is 1. The van der Waals surface area contributed by atoms with Crippen LogP contribution < -0.4 is 0 Å². The van der Waals surface area contributed by atoms with Crippen molar-refractivity contribution in [3.63, 3.8) is 0 Å². The van der Waals surface area contributed by atoms with Gasteiger partial charge in [-0.1, -0.05) is 26.0 Å². The Morgan fingerprint density at radius 3 is 2.20 bits per heavy atom. The van der Waals surface area contributed by atoms with E-state index >= 15 is 0 Å². The number of carbonyl (C=O) groups is 2. The number of carbonyl (C=O) groups excluding carboxylic acids is 2. The van der Waals surface area contributed by atoms with Gasteiger partial charge in [-0.05, 0) is 73.1 Å². The van der Waals surface area contributed by atoms with Gasteiger partial charge in [0.05, 0.1) is 23.3 Å². The molecule has 0 aromatic heterocycles. The zero-order valence-corrected chi connectivity index (χ0v) is 24.6. The van der Waals surface area contributed by atoms with E-state index in [1.54, 1.807) is 9.80 Å². The molecule has 0 aliphatic carbocycles. The summed E-state index contributed by atoms with van der Waals surface area (Å²) in [6.45, 7) is 6.79. The van der Waals surface area contributed by atoms with Crippen molar-refractivity contribution in [1.82, 2.24) is 9.80 Å². The van der Waals surface area contributed by atoms with E-state index in [0.717, 1.165) is 12.8 Å². The van der Waals surface area contributed by atoms with E-state index in [-0.39, 0.29) is 41.8 Å². The maximum Gasteiger partial charge on any atom is 0.416 e. The van der Waals surface area contributed by atoms with E-state index in [2.05, 4.69) is 13.8 Å². The SMILES string of the molecule is CCC1(C)CCN(C(=O)C2CC(=O)N3C[C@H](O[C@H](C)c4cc(C(F)(F)F)cc(C(F)(F)F)c4)[C@@H](c4ccc(F)cc4)[C@@H]3C2)C1. The van der Waals surface area contributed by atoms with Gasteiger partial charge in [-0.15, -0.1) is 0 Å². The molecule has 3 saturated heterocycles. The number of benzene rings is 2. The predicted octanol–water partition coefficient (Wildman–Crippen LogP) is 7.36. The van der Waals surface area contributed by atoms with Gasteiger partial charge in [0.1, 0.15) is 5.82 Å². The van der Waals surface area contributed by atoms with Gasteiger partial charge in [0, 0.05) is 43.9 Å². The van der Waals surface area contributed by atoms with E-state index in [9.17, 15) is 40.3 Å². The van der Waals surface area contributed by atoms with Gasteiger partial charge < -0.3 is 14.5 Å². The normalized spacial score (nSPS) is 28.4. The van der Waals surface area contributed by atoms with E-state index < -0.39 is 59.4 Å². The van der Waals surface area contributed by atoms with Crippen molar-refractivity contribution < 1.29 is 45.1 Å². The molecule has 2 unspecified atom stereocenters. The van der Waals surface area contributed by atoms with Crippen LogP contribution in [0.25, 0.3) is 0 Å². The highest BCUT2D eigenvalue weighted by atomic mass is 19.4. The Bertz CT molecular complexity index is 1360. The van der Waals surface area contributed by atoms with Gasteiger partial charge >= 0.3 is 12.4 Å². The van der Waals surface area contributed by atoms with Gasteiger partial charge in [-0.3, -0.25) is 9.59 Å². The molecule has 5 rings (SSSR count). The second-order valence-corrected chi connectivity index (χ2v) is 12.7. The number of alkyl halides is 6. The summed E-state index contributed by atoms with van der Waals surface area (Å²) in [6, 6.07) is 6.34. The average molecular weight is 629 g/mol. The van der Waals surface area contributed by atoms with E-state index in [1.165, 1.54) is 31.2 Å². The molecular formula is C32H35F7N2O3. The van der Waals surface area contributed by atoms with Crippen LogP contribution in [-0.4, -0.2) is 53.4 Å². The Kier molecular flexibility index (Phi) is 8.54. The number of ether oxygens (including phenoxy) is 1. The first-order valence-electron chi connectivity index (χ1n) is 14.8. The van der Waals surface area contributed by atoms with Crippen LogP contribution in [0, 0.1) is 17.2 Å². The molecule has 44 heavy (non-hydrogen) atoms. The number of halogens is 7. The fraction of sp³-hybridized carbons (Fsp3) is 0.562. The molecule has 2 amide bonds. The standard InChI is InChI=1S/C32H35F7N2O3/c1-4-30(3)9-10-40(17-30)29(43)21-13-25-28(19-5-7-24(33)8-6-19)26(16-41(25)27(42)14-21)44-18(2)20-11-22(31(34,35)36)15-23(12-20)32(37,38)39/h5-8,11-12,15,18,21,25-26,28H,4,9-10,13-14,16-17H2,1-3H3/t18-,21?,25+,26+,28+,30?/m1/s1. The van der Waals surface area contributed by atoms with Crippen LogP contribution in [0.5, 0.6) is 0 Å². The smallest absolute Gasteiger partial charge is 0.368 e. The fourth-order valence-corrected chi connectivity index (χ4v) is 6.90. The third-order valence-corrected chi connectivity index (χ3v) is 9.64. The zero-order valence-electron chi connectivity index (χ0n) is 24.6.